The number of pyridine rings is 1. The SMILES string of the molecule is CCc1c(F)ccc2cc(OCOC)cc(-c3ncc4c(N5CCOC[C@@](C)(O[Si](C)(C)C(C)(C)C)C5)nc(OC[C@]56CCC[C@H]5N(C(=O)OC(C)(C)C)CCC6)nc4c3F)c12. The summed E-state index contributed by atoms with van der Waals surface area (Å²) in [6, 6.07) is 6.47. The molecule has 4 heterocycles. The number of nitrogens with zero attached hydrogens (tertiary/aromatic N) is 5. The summed E-state index contributed by atoms with van der Waals surface area (Å²) in [6.07, 6.45) is 5.93. The van der Waals surface area contributed by atoms with Crippen LogP contribution in [0.2, 0.25) is 18.1 Å². The lowest BCUT2D eigenvalue weighted by molar-refractivity contribution is -0.0282. The van der Waals surface area contributed by atoms with Crippen molar-refractivity contribution in [1.29, 1.82) is 0 Å². The summed E-state index contributed by atoms with van der Waals surface area (Å²) in [5.74, 6) is -0.234. The number of hydrogen-bond donors (Lipinski definition) is 0. The van der Waals surface area contributed by atoms with E-state index in [9.17, 15) is 4.79 Å². The van der Waals surface area contributed by atoms with Gasteiger partial charge in [-0.05, 0) is 112 Å². The number of fused-ring (bicyclic) bond motifs is 3. The monoisotopic (exact) mass is 877 g/mol. The lowest BCUT2D eigenvalue weighted by Gasteiger charge is -2.46. The van der Waals surface area contributed by atoms with Crippen LogP contribution in [0.4, 0.5) is 19.4 Å². The third-order valence-corrected chi connectivity index (χ3v) is 17.8. The van der Waals surface area contributed by atoms with E-state index in [0.717, 1.165) is 32.1 Å². The fourth-order valence-electron chi connectivity index (χ4n) is 9.39. The first kappa shape index (κ1) is 45.8. The number of piperidine rings is 1. The van der Waals surface area contributed by atoms with Gasteiger partial charge in [0.25, 0.3) is 0 Å². The highest BCUT2D eigenvalue weighted by molar-refractivity contribution is 6.74. The number of ether oxygens (including phenoxy) is 5. The molecule has 0 bridgehead atoms. The van der Waals surface area contributed by atoms with Crippen molar-refractivity contribution >= 4 is 41.9 Å². The smallest absolute Gasteiger partial charge is 0.410 e. The number of aromatic nitrogens is 3. The van der Waals surface area contributed by atoms with E-state index in [0.29, 0.717) is 78.1 Å². The van der Waals surface area contributed by atoms with Gasteiger partial charge in [0.1, 0.15) is 34.2 Å². The van der Waals surface area contributed by atoms with E-state index in [4.69, 9.17) is 43.1 Å². The molecule has 338 valence electrons. The Bertz CT molecular complexity index is 2300. The van der Waals surface area contributed by atoms with Gasteiger partial charge in [0.05, 0.1) is 30.8 Å². The highest BCUT2D eigenvalue weighted by Crippen LogP contribution is 2.49. The highest BCUT2D eigenvalue weighted by Gasteiger charge is 2.51. The third kappa shape index (κ3) is 9.23. The number of aryl methyl sites for hydroxylation is 1. The number of anilines is 1. The normalized spacial score (nSPS) is 22.5. The van der Waals surface area contributed by atoms with E-state index in [-0.39, 0.29) is 53.2 Å². The number of carbonyl (C=O) groups is 1. The molecular formula is C47H65F2N5O7Si. The Kier molecular flexibility index (Phi) is 12.9. The van der Waals surface area contributed by atoms with Gasteiger partial charge in [-0.25, -0.2) is 13.6 Å². The first-order valence-corrected chi connectivity index (χ1v) is 25.0. The molecule has 2 saturated heterocycles. The lowest BCUT2D eigenvalue weighted by Crippen LogP contribution is -2.55. The van der Waals surface area contributed by atoms with E-state index in [2.05, 4.69) is 45.7 Å². The van der Waals surface area contributed by atoms with Gasteiger partial charge >= 0.3 is 12.1 Å². The van der Waals surface area contributed by atoms with Crippen LogP contribution in [0.25, 0.3) is 32.9 Å². The van der Waals surface area contributed by atoms with Crippen molar-refractivity contribution in [2.24, 2.45) is 5.41 Å². The van der Waals surface area contributed by atoms with Crippen molar-refractivity contribution < 1.29 is 41.7 Å². The Balaban J connectivity index is 1.36. The number of hydrogen-bond acceptors (Lipinski definition) is 11. The molecule has 1 saturated carbocycles. The van der Waals surface area contributed by atoms with Crippen LogP contribution in [0.1, 0.15) is 93.1 Å². The second kappa shape index (κ2) is 17.4. The summed E-state index contributed by atoms with van der Waals surface area (Å²) in [6.45, 7) is 23.1. The quantitative estimate of drug-likeness (QED) is 0.106. The third-order valence-electron chi connectivity index (χ3n) is 13.2. The molecule has 15 heteroatoms. The molecule has 0 spiro atoms. The van der Waals surface area contributed by atoms with Crippen LogP contribution in [0.15, 0.2) is 30.5 Å². The topological polar surface area (TPSA) is 118 Å². The molecule has 1 amide bonds. The zero-order chi connectivity index (χ0) is 44.8. The predicted octanol–water partition coefficient (Wildman–Crippen LogP) is 10.2. The molecule has 62 heavy (non-hydrogen) atoms. The van der Waals surface area contributed by atoms with Crippen molar-refractivity contribution in [1.82, 2.24) is 19.9 Å². The van der Waals surface area contributed by atoms with Crippen molar-refractivity contribution in [3.8, 4) is 23.0 Å². The van der Waals surface area contributed by atoms with Crippen LogP contribution in [-0.2, 0) is 25.1 Å². The molecule has 3 fully saturated rings. The minimum atomic E-state index is -2.27. The fraction of sp³-hybridized carbons (Fsp3) is 0.617. The Morgan fingerprint density at radius 3 is 2.50 bits per heavy atom. The first-order valence-electron chi connectivity index (χ1n) is 22.1. The summed E-state index contributed by atoms with van der Waals surface area (Å²) >= 11 is 0. The van der Waals surface area contributed by atoms with Crippen LogP contribution in [-0.4, -0.2) is 105 Å². The van der Waals surface area contributed by atoms with Crippen molar-refractivity contribution in [2.75, 3.05) is 58.3 Å². The van der Waals surface area contributed by atoms with Crippen molar-refractivity contribution in [2.45, 2.75) is 129 Å². The molecular weight excluding hydrogens is 813 g/mol. The molecule has 7 rings (SSSR count). The zero-order valence-electron chi connectivity index (χ0n) is 38.5. The summed E-state index contributed by atoms with van der Waals surface area (Å²) in [5.41, 5.74) is -0.894. The molecule has 0 radical (unpaired) electrons. The van der Waals surface area contributed by atoms with Gasteiger partial charge in [0.15, 0.2) is 20.9 Å². The number of benzene rings is 2. The molecule has 2 aromatic heterocycles. The number of likely N-dealkylation sites (tertiary alicyclic amines) is 1. The molecule has 4 aromatic rings. The fourth-order valence-corrected chi connectivity index (χ4v) is 11.1. The van der Waals surface area contributed by atoms with Crippen LogP contribution in [0.5, 0.6) is 11.8 Å². The molecule has 2 aliphatic heterocycles. The minimum absolute atomic E-state index is 0.0116. The predicted molar refractivity (Wildman–Crippen MR) is 240 cm³/mol. The van der Waals surface area contributed by atoms with Crippen LogP contribution in [0, 0.1) is 17.0 Å². The molecule has 2 aromatic carbocycles. The Morgan fingerprint density at radius 2 is 1.79 bits per heavy atom. The number of rotatable bonds is 11. The van der Waals surface area contributed by atoms with E-state index in [1.165, 1.54) is 13.2 Å². The maximum Gasteiger partial charge on any atom is 0.410 e. The van der Waals surface area contributed by atoms with E-state index < -0.39 is 31.2 Å². The lowest BCUT2D eigenvalue weighted by atomic mass is 9.75. The summed E-state index contributed by atoms with van der Waals surface area (Å²) in [5, 5.41) is 1.55. The van der Waals surface area contributed by atoms with Crippen LogP contribution >= 0.6 is 0 Å². The average molecular weight is 878 g/mol. The maximum absolute atomic E-state index is 17.7. The number of halogens is 2. The Hall–Kier alpha value is -4.18. The molecule has 3 atom stereocenters. The van der Waals surface area contributed by atoms with Gasteiger partial charge in [-0.3, -0.25) is 4.98 Å². The maximum atomic E-state index is 17.7. The molecule has 0 unspecified atom stereocenters. The van der Waals surface area contributed by atoms with Gasteiger partial charge in [0.2, 0.25) is 0 Å². The molecule has 3 aliphatic rings. The zero-order valence-corrected chi connectivity index (χ0v) is 39.5. The van der Waals surface area contributed by atoms with Crippen LogP contribution in [0.3, 0.4) is 0 Å². The van der Waals surface area contributed by atoms with Gasteiger partial charge in [-0.2, -0.15) is 9.97 Å². The minimum Gasteiger partial charge on any atom is -0.468 e. The average Bonchev–Trinajstić information content (AvgIpc) is 3.54. The largest absolute Gasteiger partial charge is 0.468 e. The first-order chi connectivity index (χ1) is 29.2. The van der Waals surface area contributed by atoms with E-state index in [1.807, 2.05) is 32.6 Å². The van der Waals surface area contributed by atoms with Crippen LogP contribution < -0.4 is 14.4 Å². The second-order valence-electron chi connectivity index (χ2n) is 20.1. The second-order valence-corrected chi connectivity index (χ2v) is 24.9. The summed E-state index contributed by atoms with van der Waals surface area (Å²) in [7, 11) is -0.756. The van der Waals surface area contributed by atoms with Gasteiger partial charge in [-0.15, -0.1) is 0 Å². The van der Waals surface area contributed by atoms with Gasteiger partial charge in [0, 0.05) is 50.0 Å². The number of amides is 1. The van der Waals surface area contributed by atoms with E-state index >= 15 is 8.78 Å². The van der Waals surface area contributed by atoms with Gasteiger partial charge < -0.3 is 37.9 Å². The van der Waals surface area contributed by atoms with Gasteiger partial charge in [-0.1, -0.05) is 40.2 Å². The molecule has 1 aliphatic carbocycles. The number of methoxy groups -OCH3 is 1. The molecule has 12 nitrogen and oxygen atoms in total. The van der Waals surface area contributed by atoms with Crippen molar-refractivity contribution in [3.05, 3.63) is 47.7 Å². The highest BCUT2D eigenvalue weighted by atomic mass is 28.4. The number of carbonyl (C=O) groups excluding carboxylic acids is 1. The molecule has 0 N–H and O–H groups in total. The Labute approximate surface area is 366 Å². The Morgan fingerprint density at radius 1 is 1.03 bits per heavy atom. The van der Waals surface area contributed by atoms with Crippen molar-refractivity contribution in [3.63, 3.8) is 0 Å². The summed E-state index contributed by atoms with van der Waals surface area (Å²) < 4.78 is 70.0. The standard InChI is InChI=1S/C47H65F2N5O7Si/c1-12-32-35(48)17-16-30-23-31(59-29-56-9)24-33(37(30)32)39-38(49)40-34(25-50-39)41(53-21-22-57-27-46(8,26-53)61-62(10,11)45(5,6)7)52-42(51-40)58-28-47-18-13-15-36(47)54(20-14-19-47)43(55)60-44(2,3)4/h16-17,23-25,36H,12-15,18-22,26-29H2,1-11H3/t36-,46+,47-/m1/s1. The van der Waals surface area contributed by atoms with E-state index in [1.54, 1.807) is 24.4 Å². The summed E-state index contributed by atoms with van der Waals surface area (Å²) in [4.78, 5) is 32.1.